The minimum atomic E-state index is -0.238. The molecule has 1 heterocycles. The Morgan fingerprint density at radius 2 is 2.07 bits per heavy atom. The van der Waals surface area contributed by atoms with Crippen molar-refractivity contribution >= 4 is 5.95 Å². The summed E-state index contributed by atoms with van der Waals surface area (Å²) in [5.41, 5.74) is 7.81. The van der Waals surface area contributed by atoms with Crippen LogP contribution in [0.4, 0.5) is 10.3 Å². The molecule has 4 heteroatoms. The Labute approximate surface area is 87.4 Å². The van der Waals surface area contributed by atoms with Gasteiger partial charge in [-0.1, -0.05) is 6.07 Å². The molecule has 0 spiro atoms. The average Bonchev–Trinajstić information content (AvgIpc) is 2.50. The molecular weight excluding hydrogens is 193 g/mol. The number of rotatable bonds is 1. The Bertz CT molecular complexity index is 503. The van der Waals surface area contributed by atoms with Crippen LogP contribution in [-0.4, -0.2) is 9.55 Å². The minimum Gasteiger partial charge on any atom is -0.369 e. The summed E-state index contributed by atoms with van der Waals surface area (Å²) < 4.78 is 15.0. The Kier molecular flexibility index (Phi) is 2.19. The molecule has 0 amide bonds. The molecule has 0 saturated heterocycles. The van der Waals surface area contributed by atoms with E-state index in [-0.39, 0.29) is 5.82 Å². The van der Waals surface area contributed by atoms with Crippen molar-refractivity contribution < 1.29 is 4.39 Å². The van der Waals surface area contributed by atoms with Crippen LogP contribution in [0.15, 0.2) is 24.4 Å². The van der Waals surface area contributed by atoms with E-state index in [2.05, 4.69) is 4.98 Å². The lowest BCUT2D eigenvalue weighted by atomic mass is 10.2. The van der Waals surface area contributed by atoms with Crippen molar-refractivity contribution in [3.05, 3.63) is 41.5 Å². The van der Waals surface area contributed by atoms with Crippen molar-refractivity contribution in [1.29, 1.82) is 0 Å². The van der Waals surface area contributed by atoms with E-state index in [9.17, 15) is 4.39 Å². The van der Waals surface area contributed by atoms with Gasteiger partial charge in [-0.2, -0.15) is 0 Å². The number of nitrogens with zero attached hydrogens (tertiary/aromatic N) is 2. The molecule has 1 aromatic heterocycles. The number of nitrogens with two attached hydrogens (primary N) is 1. The van der Waals surface area contributed by atoms with Gasteiger partial charge in [-0.05, 0) is 31.5 Å². The van der Waals surface area contributed by atoms with E-state index >= 15 is 0 Å². The van der Waals surface area contributed by atoms with Crippen molar-refractivity contribution in [2.45, 2.75) is 13.8 Å². The maximum atomic E-state index is 13.3. The molecule has 0 bridgehead atoms. The smallest absolute Gasteiger partial charge is 0.205 e. The van der Waals surface area contributed by atoms with Gasteiger partial charge in [0, 0.05) is 6.20 Å². The summed E-state index contributed by atoms with van der Waals surface area (Å²) in [6.07, 6.45) is 1.78. The highest BCUT2D eigenvalue weighted by Crippen LogP contribution is 2.17. The molecule has 0 fully saturated rings. The summed E-state index contributed by atoms with van der Waals surface area (Å²) in [7, 11) is 0. The minimum absolute atomic E-state index is 0.238. The van der Waals surface area contributed by atoms with Gasteiger partial charge in [0.25, 0.3) is 0 Å². The van der Waals surface area contributed by atoms with Gasteiger partial charge in [0.15, 0.2) is 0 Å². The fourth-order valence-corrected chi connectivity index (χ4v) is 1.45. The summed E-state index contributed by atoms with van der Waals surface area (Å²) in [5.74, 6) is 0.133. The highest BCUT2D eigenvalue weighted by molar-refractivity contribution is 5.42. The van der Waals surface area contributed by atoms with E-state index in [1.54, 1.807) is 23.8 Å². The number of aromatic nitrogens is 2. The van der Waals surface area contributed by atoms with Crippen molar-refractivity contribution in [1.82, 2.24) is 9.55 Å². The first-order valence-corrected chi connectivity index (χ1v) is 4.66. The maximum absolute atomic E-state index is 13.3. The maximum Gasteiger partial charge on any atom is 0.205 e. The van der Waals surface area contributed by atoms with E-state index < -0.39 is 0 Å². The zero-order valence-corrected chi connectivity index (χ0v) is 8.66. The summed E-state index contributed by atoms with van der Waals surface area (Å²) in [6, 6.07) is 4.99. The molecule has 78 valence electrons. The first-order chi connectivity index (χ1) is 7.08. The Balaban J connectivity index is 2.54. The first-order valence-electron chi connectivity index (χ1n) is 4.66. The molecule has 0 aliphatic heterocycles. The van der Waals surface area contributed by atoms with Crippen LogP contribution in [0, 0.1) is 19.7 Å². The Morgan fingerprint density at radius 3 is 2.60 bits per heavy atom. The average molecular weight is 205 g/mol. The molecule has 0 radical (unpaired) electrons. The van der Waals surface area contributed by atoms with Gasteiger partial charge in [-0.3, -0.25) is 4.57 Å². The lowest BCUT2D eigenvalue weighted by molar-refractivity contribution is 0.617. The summed E-state index contributed by atoms with van der Waals surface area (Å²) in [4.78, 5) is 4.06. The van der Waals surface area contributed by atoms with Crippen LogP contribution >= 0.6 is 0 Å². The van der Waals surface area contributed by atoms with E-state index in [1.165, 1.54) is 6.07 Å². The number of imidazole rings is 1. The van der Waals surface area contributed by atoms with Crippen molar-refractivity contribution in [2.75, 3.05) is 5.73 Å². The highest BCUT2D eigenvalue weighted by atomic mass is 19.1. The molecule has 15 heavy (non-hydrogen) atoms. The lowest BCUT2D eigenvalue weighted by Gasteiger charge is -2.05. The van der Waals surface area contributed by atoms with E-state index in [1.807, 2.05) is 13.0 Å². The van der Waals surface area contributed by atoms with E-state index in [0.29, 0.717) is 17.2 Å². The number of hydrogen-bond donors (Lipinski definition) is 1. The number of benzene rings is 1. The highest BCUT2D eigenvalue weighted by Gasteiger charge is 2.05. The normalized spacial score (nSPS) is 10.6. The third-order valence-electron chi connectivity index (χ3n) is 2.29. The van der Waals surface area contributed by atoms with Crippen molar-refractivity contribution in [2.24, 2.45) is 0 Å². The summed E-state index contributed by atoms with van der Waals surface area (Å²) >= 11 is 0. The second kappa shape index (κ2) is 3.38. The van der Waals surface area contributed by atoms with Crippen LogP contribution in [0.1, 0.15) is 11.3 Å². The monoisotopic (exact) mass is 205 g/mol. The largest absolute Gasteiger partial charge is 0.369 e. The second-order valence-electron chi connectivity index (χ2n) is 3.54. The Morgan fingerprint density at radius 1 is 1.33 bits per heavy atom. The number of anilines is 1. The zero-order chi connectivity index (χ0) is 11.0. The van der Waals surface area contributed by atoms with Gasteiger partial charge in [0.05, 0.1) is 11.4 Å². The third kappa shape index (κ3) is 1.70. The molecule has 1 aromatic carbocycles. The number of aryl methyl sites for hydroxylation is 2. The molecule has 0 aliphatic rings. The number of hydrogen-bond acceptors (Lipinski definition) is 2. The quantitative estimate of drug-likeness (QED) is 0.775. The van der Waals surface area contributed by atoms with Crippen LogP contribution in [0.2, 0.25) is 0 Å². The van der Waals surface area contributed by atoms with Gasteiger partial charge < -0.3 is 5.73 Å². The van der Waals surface area contributed by atoms with Gasteiger partial charge in [-0.25, -0.2) is 9.37 Å². The first kappa shape index (κ1) is 9.71. The molecule has 2 rings (SSSR count). The van der Waals surface area contributed by atoms with E-state index in [4.69, 9.17) is 5.73 Å². The Hall–Kier alpha value is -1.84. The molecule has 2 aromatic rings. The molecule has 0 atom stereocenters. The molecule has 0 saturated carbocycles. The van der Waals surface area contributed by atoms with Crippen LogP contribution in [0.25, 0.3) is 5.69 Å². The fraction of sp³-hybridized carbons (Fsp3) is 0.182. The van der Waals surface area contributed by atoms with Crippen LogP contribution in [0.3, 0.4) is 0 Å². The molecule has 0 aliphatic carbocycles. The van der Waals surface area contributed by atoms with Gasteiger partial charge in [0.1, 0.15) is 5.82 Å². The summed E-state index contributed by atoms with van der Waals surface area (Å²) in [5, 5.41) is 0. The van der Waals surface area contributed by atoms with Crippen LogP contribution in [-0.2, 0) is 0 Å². The predicted molar refractivity (Wildman–Crippen MR) is 57.4 cm³/mol. The SMILES string of the molecule is Cc1cn(-c2ccc(C)c(F)c2)c(N)n1. The topological polar surface area (TPSA) is 43.8 Å². The van der Waals surface area contributed by atoms with E-state index in [0.717, 1.165) is 5.69 Å². The number of halogens is 1. The molecule has 2 N–H and O–H groups in total. The molecular formula is C11H12FN3. The van der Waals surface area contributed by atoms with Crippen molar-refractivity contribution in [3.8, 4) is 5.69 Å². The lowest BCUT2D eigenvalue weighted by Crippen LogP contribution is -2.00. The fourth-order valence-electron chi connectivity index (χ4n) is 1.45. The number of nitrogen functional groups attached to an aromatic ring is 1. The zero-order valence-electron chi connectivity index (χ0n) is 8.66. The predicted octanol–water partition coefficient (Wildman–Crippen LogP) is 2.21. The van der Waals surface area contributed by atoms with Crippen molar-refractivity contribution in [3.63, 3.8) is 0 Å². The molecule has 3 nitrogen and oxygen atoms in total. The van der Waals surface area contributed by atoms with Crippen LogP contribution in [0.5, 0.6) is 0 Å². The third-order valence-corrected chi connectivity index (χ3v) is 2.29. The van der Waals surface area contributed by atoms with Gasteiger partial charge in [0.2, 0.25) is 5.95 Å². The standard InChI is InChI=1S/C11H12FN3/c1-7-3-4-9(5-10(7)12)15-6-8(2)14-11(15)13/h3-6H,1-2H3,(H2,13,14). The van der Waals surface area contributed by atoms with Crippen LogP contribution < -0.4 is 5.73 Å². The van der Waals surface area contributed by atoms with Gasteiger partial charge in [-0.15, -0.1) is 0 Å². The summed E-state index contributed by atoms with van der Waals surface area (Å²) in [6.45, 7) is 3.57. The second-order valence-corrected chi connectivity index (χ2v) is 3.54. The molecule has 0 unspecified atom stereocenters. The van der Waals surface area contributed by atoms with Gasteiger partial charge >= 0.3 is 0 Å².